The van der Waals surface area contributed by atoms with E-state index in [0.717, 1.165) is 5.56 Å². The Bertz CT molecular complexity index is 358. The van der Waals surface area contributed by atoms with E-state index in [1.165, 1.54) is 0 Å². The van der Waals surface area contributed by atoms with Gasteiger partial charge in [0, 0.05) is 17.8 Å². The van der Waals surface area contributed by atoms with Gasteiger partial charge in [-0.2, -0.15) is 0 Å². The molecule has 0 unspecified atom stereocenters. The van der Waals surface area contributed by atoms with Crippen molar-refractivity contribution in [2.45, 2.75) is 6.92 Å². The summed E-state index contributed by atoms with van der Waals surface area (Å²) in [6.45, 7) is 5.82. The maximum atomic E-state index is 11.6. The molecule has 0 aliphatic rings. The number of rotatable bonds is 3. The van der Waals surface area contributed by atoms with Crippen molar-refractivity contribution < 1.29 is 4.79 Å². The zero-order valence-corrected chi connectivity index (χ0v) is 8.21. The van der Waals surface area contributed by atoms with Gasteiger partial charge < -0.3 is 11.1 Å². The van der Waals surface area contributed by atoms with Crippen LogP contribution in [0.3, 0.4) is 0 Å². The molecule has 0 aromatic heterocycles. The van der Waals surface area contributed by atoms with Gasteiger partial charge in [-0.3, -0.25) is 4.79 Å². The van der Waals surface area contributed by atoms with Crippen molar-refractivity contribution in [3.63, 3.8) is 0 Å². The second-order valence-electron chi connectivity index (χ2n) is 3.02. The number of carbonyl (C=O) groups is 1. The lowest BCUT2D eigenvalue weighted by Gasteiger charge is -2.07. The summed E-state index contributed by atoms with van der Waals surface area (Å²) >= 11 is 0. The maximum absolute atomic E-state index is 11.6. The summed E-state index contributed by atoms with van der Waals surface area (Å²) < 4.78 is 0. The molecule has 1 rings (SSSR count). The van der Waals surface area contributed by atoms with Gasteiger partial charge in [0.05, 0.1) is 0 Å². The largest absolute Gasteiger partial charge is 0.398 e. The molecule has 1 amide bonds. The van der Waals surface area contributed by atoms with Crippen LogP contribution in [0.15, 0.2) is 30.9 Å². The summed E-state index contributed by atoms with van der Waals surface area (Å²) in [5.74, 6) is -0.116. The molecule has 1 aromatic carbocycles. The van der Waals surface area contributed by atoms with Crippen LogP contribution in [0.4, 0.5) is 5.69 Å². The molecule has 0 saturated carbocycles. The molecule has 0 radical (unpaired) electrons. The van der Waals surface area contributed by atoms with E-state index in [0.29, 0.717) is 17.8 Å². The molecule has 1 aromatic rings. The lowest BCUT2D eigenvalue weighted by molar-refractivity contribution is 0.0957. The number of benzene rings is 1. The van der Waals surface area contributed by atoms with Crippen LogP contribution < -0.4 is 11.1 Å². The molecule has 14 heavy (non-hydrogen) atoms. The lowest BCUT2D eigenvalue weighted by atomic mass is 10.1. The van der Waals surface area contributed by atoms with Gasteiger partial charge in [-0.1, -0.05) is 12.1 Å². The smallest absolute Gasteiger partial charge is 0.251 e. The van der Waals surface area contributed by atoms with Gasteiger partial charge >= 0.3 is 0 Å². The Morgan fingerprint density at radius 2 is 2.36 bits per heavy atom. The number of nitrogen functional groups attached to an aromatic ring is 1. The van der Waals surface area contributed by atoms with E-state index in [9.17, 15) is 4.79 Å². The molecule has 0 saturated heterocycles. The predicted molar refractivity (Wildman–Crippen MR) is 58.1 cm³/mol. The minimum Gasteiger partial charge on any atom is -0.398 e. The highest BCUT2D eigenvalue weighted by Gasteiger charge is 2.08. The molecule has 0 bridgehead atoms. The Morgan fingerprint density at radius 1 is 1.64 bits per heavy atom. The SMILES string of the molecule is C=CCNC(=O)c1cccc(N)c1C. The third-order valence-electron chi connectivity index (χ3n) is 2.03. The fourth-order valence-corrected chi connectivity index (χ4v) is 1.16. The zero-order valence-electron chi connectivity index (χ0n) is 8.21. The number of anilines is 1. The topological polar surface area (TPSA) is 55.1 Å². The number of carbonyl (C=O) groups excluding carboxylic acids is 1. The van der Waals surface area contributed by atoms with E-state index in [2.05, 4.69) is 11.9 Å². The average molecular weight is 190 g/mol. The molecule has 3 heteroatoms. The number of hydrogen-bond donors (Lipinski definition) is 2. The number of amides is 1. The van der Waals surface area contributed by atoms with Crippen LogP contribution in [0.5, 0.6) is 0 Å². The van der Waals surface area contributed by atoms with E-state index in [-0.39, 0.29) is 5.91 Å². The first-order chi connectivity index (χ1) is 6.66. The molecule has 0 atom stereocenters. The second-order valence-corrected chi connectivity index (χ2v) is 3.02. The first kappa shape index (κ1) is 10.3. The molecule has 3 N–H and O–H groups in total. The van der Waals surface area contributed by atoms with Gasteiger partial charge in [-0.25, -0.2) is 0 Å². The maximum Gasteiger partial charge on any atom is 0.251 e. The van der Waals surface area contributed by atoms with Crippen molar-refractivity contribution in [2.75, 3.05) is 12.3 Å². The van der Waals surface area contributed by atoms with E-state index >= 15 is 0 Å². The first-order valence-corrected chi connectivity index (χ1v) is 4.41. The molecule has 74 valence electrons. The summed E-state index contributed by atoms with van der Waals surface area (Å²) in [5, 5.41) is 2.70. The summed E-state index contributed by atoms with van der Waals surface area (Å²) in [6.07, 6.45) is 1.64. The lowest BCUT2D eigenvalue weighted by Crippen LogP contribution is -2.24. The Hall–Kier alpha value is -1.77. The third kappa shape index (κ3) is 2.13. The van der Waals surface area contributed by atoms with Gasteiger partial charge in [-0.15, -0.1) is 6.58 Å². The highest BCUT2D eigenvalue weighted by atomic mass is 16.1. The average Bonchev–Trinajstić information content (AvgIpc) is 2.18. The number of hydrogen-bond acceptors (Lipinski definition) is 2. The summed E-state index contributed by atoms with van der Waals surface area (Å²) in [6, 6.07) is 5.30. The Morgan fingerprint density at radius 3 is 3.00 bits per heavy atom. The van der Waals surface area contributed by atoms with Crippen LogP contribution in [0.1, 0.15) is 15.9 Å². The second kappa shape index (κ2) is 4.46. The van der Waals surface area contributed by atoms with Crippen LogP contribution in [0.25, 0.3) is 0 Å². The number of nitrogens with two attached hydrogens (primary N) is 1. The van der Waals surface area contributed by atoms with Gasteiger partial charge in [0.1, 0.15) is 0 Å². The highest BCUT2D eigenvalue weighted by Crippen LogP contribution is 2.14. The fraction of sp³-hybridized carbons (Fsp3) is 0.182. The molecular weight excluding hydrogens is 176 g/mol. The van der Waals surface area contributed by atoms with Crippen molar-refractivity contribution in [1.29, 1.82) is 0 Å². The van der Waals surface area contributed by atoms with Gasteiger partial charge in [0.15, 0.2) is 0 Å². The van der Waals surface area contributed by atoms with Crippen LogP contribution >= 0.6 is 0 Å². The molecule has 0 spiro atoms. The van der Waals surface area contributed by atoms with E-state index < -0.39 is 0 Å². The van der Waals surface area contributed by atoms with Crippen LogP contribution in [0.2, 0.25) is 0 Å². The first-order valence-electron chi connectivity index (χ1n) is 4.41. The fourth-order valence-electron chi connectivity index (χ4n) is 1.16. The van der Waals surface area contributed by atoms with Crippen molar-refractivity contribution in [2.24, 2.45) is 0 Å². The molecule has 0 aliphatic carbocycles. The quantitative estimate of drug-likeness (QED) is 0.560. The molecular formula is C11H14N2O. The minimum atomic E-state index is -0.116. The highest BCUT2D eigenvalue weighted by molar-refractivity contribution is 5.96. The summed E-state index contributed by atoms with van der Waals surface area (Å²) in [5.41, 5.74) is 7.75. The molecule has 0 fully saturated rings. The van der Waals surface area contributed by atoms with Crippen LogP contribution in [-0.4, -0.2) is 12.5 Å². The summed E-state index contributed by atoms with van der Waals surface area (Å²) in [7, 11) is 0. The van der Waals surface area contributed by atoms with Gasteiger partial charge in [0.2, 0.25) is 0 Å². The third-order valence-corrected chi connectivity index (χ3v) is 2.03. The van der Waals surface area contributed by atoms with Crippen molar-refractivity contribution >= 4 is 11.6 Å². The van der Waals surface area contributed by atoms with Crippen molar-refractivity contribution in [3.8, 4) is 0 Å². The molecule has 0 aliphatic heterocycles. The standard InChI is InChI=1S/C11H14N2O/c1-3-7-13-11(14)9-5-4-6-10(12)8(9)2/h3-6H,1,7,12H2,2H3,(H,13,14). The van der Waals surface area contributed by atoms with Crippen LogP contribution in [0, 0.1) is 6.92 Å². The minimum absolute atomic E-state index is 0.116. The van der Waals surface area contributed by atoms with E-state index in [4.69, 9.17) is 5.73 Å². The normalized spacial score (nSPS) is 9.50. The monoisotopic (exact) mass is 190 g/mol. The van der Waals surface area contributed by atoms with Crippen molar-refractivity contribution in [3.05, 3.63) is 42.0 Å². The summed E-state index contributed by atoms with van der Waals surface area (Å²) in [4.78, 5) is 11.6. The Labute approximate surface area is 83.6 Å². The van der Waals surface area contributed by atoms with Crippen molar-refractivity contribution in [1.82, 2.24) is 5.32 Å². The van der Waals surface area contributed by atoms with Gasteiger partial charge in [0.25, 0.3) is 5.91 Å². The molecule has 0 heterocycles. The van der Waals surface area contributed by atoms with Gasteiger partial charge in [-0.05, 0) is 24.6 Å². The predicted octanol–water partition coefficient (Wildman–Crippen LogP) is 1.49. The molecule has 3 nitrogen and oxygen atoms in total. The Balaban J connectivity index is 2.89. The number of nitrogens with one attached hydrogen (secondary N) is 1. The van der Waals surface area contributed by atoms with E-state index in [1.807, 2.05) is 6.92 Å². The van der Waals surface area contributed by atoms with Crippen LogP contribution in [-0.2, 0) is 0 Å². The Kier molecular flexibility index (Phi) is 3.29. The zero-order chi connectivity index (χ0) is 10.6. The van der Waals surface area contributed by atoms with E-state index in [1.54, 1.807) is 24.3 Å².